The van der Waals surface area contributed by atoms with Gasteiger partial charge < -0.3 is 10.1 Å². The molecule has 4 aromatic rings. The Labute approximate surface area is 281 Å². The number of rotatable bonds is 11. The first-order valence-corrected chi connectivity index (χ1v) is 17.1. The number of aromatic amines is 1. The Morgan fingerprint density at radius 3 is 2.69 bits per heavy atom. The molecule has 1 aliphatic heterocycles. The van der Waals surface area contributed by atoms with Gasteiger partial charge in [-0.1, -0.05) is 23.7 Å². The van der Waals surface area contributed by atoms with Gasteiger partial charge in [0.15, 0.2) is 0 Å². The molecule has 15 nitrogen and oxygen atoms in total. The molecule has 0 aliphatic carbocycles. The Kier molecular flexibility index (Phi) is 11.0. The zero-order valence-electron chi connectivity index (χ0n) is 26.2. The van der Waals surface area contributed by atoms with Crippen LogP contribution < -0.4 is 16.2 Å². The second kappa shape index (κ2) is 15.3. The Bertz CT molecular complexity index is 1950. The molecule has 2 unspecified atom stereocenters. The fourth-order valence-electron chi connectivity index (χ4n) is 5.48. The van der Waals surface area contributed by atoms with E-state index in [1.807, 2.05) is 0 Å². The standard InChI is InChI=1S/C31H34ClN9O6S/c1-3-48(45,46)40-14-4-5-20(18-40)15-26(35-29(42)13-8-22-16-23(32)9-12-28(22)41-19-33-38-39-41)27-17-25(30(43)37-36-27)21-6-10-24(11-7-21)34-31(44)47-2/h6-13,16-17,19-20,26H,3-5,14-15,18H2,1-2H3,(H,34,44)(H,35,42)(H,37,43)/b13-8+. The molecular weight excluding hydrogens is 662 g/mol. The van der Waals surface area contributed by atoms with Crippen molar-refractivity contribution in [3.8, 4) is 16.8 Å². The normalized spacial score (nSPS) is 16.0. The molecule has 1 saturated heterocycles. The second-order valence-electron chi connectivity index (χ2n) is 11.1. The number of tetrazole rings is 1. The molecule has 1 aliphatic rings. The van der Waals surface area contributed by atoms with Gasteiger partial charge in [0.1, 0.15) is 6.33 Å². The Morgan fingerprint density at radius 2 is 1.98 bits per heavy atom. The maximum absolute atomic E-state index is 13.4. The first kappa shape index (κ1) is 34.4. The Balaban J connectivity index is 1.44. The monoisotopic (exact) mass is 695 g/mol. The zero-order chi connectivity index (χ0) is 34.3. The van der Waals surface area contributed by atoms with Crippen molar-refractivity contribution in [1.29, 1.82) is 0 Å². The molecule has 1 fully saturated rings. The molecular formula is C31H34ClN9O6S. The van der Waals surface area contributed by atoms with E-state index in [2.05, 4.69) is 41.1 Å². The number of amides is 2. The van der Waals surface area contributed by atoms with Crippen LogP contribution in [0.5, 0.6) is 0 Å². The topological polar surface area (TPSA) is 194 Å². The molecule has 3 heterocycles. The van der Waals surface area contributed by atoms with Crippen molar-refractivity contribution in [2.45, 2.75) is 32.2 Å². The summed E-state index contributed by atoms with van der Waals surface area (Å²) in [4.78, 5) is 37.9. The molecule has 2 amide bonds. The van der Waals surface area contributed by atoms with Gasteiger partial charge in [0, 0.05) is 35.4 Å². The highest BCUT2D eigenvalue weighted by Crippen LogP contribution is 2.30. The van der Waals surface area contributed by atoms with E-state index >= 15 is 0 Å². The van der Waals surface area contributed by atoms with Crippen LogP contribution in [0.15, 0.2) is 65.7 Å². The summed E-state index contributed by atoms with van der Waals surface area (Å²) in [5.74, 6) is -0.543. The van der Waals surface area contributed by atoms with Gasteiger partial charge in [-0.3, -0.25) is 14.9 Å². The van der Waals surface area contributed by atoms with Crippen LogP contribution in [0, 0.1) is 5.92 Å². The number of hydrogen-bond donors (Lipinski definition) is 3. The molecule has 2 aromatic heterocycles. The van der Waals surface area contributed by atoms with E-state index in [1.165, 1.54) is 28.5 Å². The van der Waals surface area contributed by atoms with E-state index in [0.29, 0.717) is 64.7 Å². The lowest BCUT2D eigenvalue weighted by Crippen LogP contribution is -2.42. The molecule has 0 bridgehead atoms. The van der Waals surface area contributed by atoms with Crippen LogP contribution in [0.25, 0.3) is 22.9 Å². The number of carbonyl (C=O) groups is 2. The molecule has 2 aromatic carbocycles. The minimum absolute atomic E-state index is 0.000394. The van der Waals surface area contributed by atoms with Crippen molar-refractivity contribution in [3.05, 3.63) is 87.6 Å². The van der Waals surface area contributed by atoms with Crippen molar-refractivity contribution < 1.29 is 22.7 Å². The molecule has 0 radical (unpaired) electrons. The Hall–Kier alpha value is -4.93. The number of carbonyl (C=O) groups excluding carboxylic acids is 2. The highest BCUT2D eigenvalue weighted by molar-refractivity contribution is 7.89. The van der Waals surface area contributed by atoms with Gasteiger partial charge in [0.2, 0.25) is 15.9 Å². The number of ether oxygens (including phenoxy) is 1. The van der Waals surface area contributed by atoms with Crippen molar-refractivity contribution in [2.24, 2.45) is 5.92 Å². The van der Waals surface area contributed by atoms with Crippen LogP contribution in [0.1, 0.15) is 43.5 Å². The lowest BCUT2D eigenvalue weighted by molar-refractivity contribution is -0.117. The number of hydrogen-bond acceptors (Lipinski definition) is 10. The summed E-state index contributed by atoms with van der Waals surface area (Å²) in [5, 5.41) is 24.1. The first-order valence-electron chi connectivity index (χ1n) is 15.1. The summed E-state index contributed by atoms with van der Waals surface area (Å²) in [6, 6.07) is 12.6. The number of H-pyrrole nitrogens is 1. The van der Waals surface area contributed by atoms with Crippen LogP contribution in [0.3, 0.4) is 0 Å². The molecule has 0 saturated carbocycles. The third kappa shape index (κ3) is 8.50. The second-order valence-corrected chi connectivity index (χ2v) is 13.8. The van der Waals surface area contributed by atoms with Gasteiger partial charge >= 0.3 is 6.09 Å². The minimum Gasteiger partial charge on any atom is -0.453 e. The molecule has 0 spiro atoms. The summed E-state index contributed by atoms with van der Waals surface area (Å²) in [6.45, 7) is 2.36. The van der Waals surface area contributed by atoms with Crippen LogP contribution in [-0.4, -0.2) is 81.1 Å². The number of halogens is 1. The first-order chi connectivity index (χ1) is 23.1. The SMILES string of the molecule is CCS(=O)(=O)N1CCCC(CC(NC(=O)/C=C/c2cc(Cl)ccc2-n2cnnn2)c2cc(-c3ccc(NC(=O)OC)cc3)c(=O)[nH]n2)C1. The van der Waals surface area contributed by atoms with Gasteiger partial charge in [0.05, 0.1) is 35.8 Å². The number of anilines is 1. The predicted octanol–water partition coefficient (Wildman–Crippen LogP) is 3.57. The molecule has 252 valence electrons. The smallest absolute Gasteiger partial charge is 0.411 e. The molecule has 2 atom stereocenters. The van der Waals surface area contributed by atoms with Gasteiger partial charge in [0.25, 0.3) is 5.56 Å². The lowest BCUT2D eigenvalue weighted by atomic mass is 9.90. The number of benzene rings is 2. The Morgan fingerprint density at radius 1 is 1.19 bits per heavy atom. The molecule has 48 heavy (non-hydrogen) atoms. The number of aromatic nitrogens is 6. The summed E-state index contributed by atoms with van der Waals surface area (Å²) in [5.41, 5.74) is 2.44. The van der Waals surface area contributed by atoms with E-state index in [1.54, 1.807) is 61.5 Å². The fourth-order valence-corrected chi connectivity index (χ4v) is 6.87. The third-order valence-corrected chi connectivity index (χ3v) is 10.0. The summed E-state index contributed by atoms with van der Waals surface area (Å²) in [7, 11) is -2.14. The van der Waals surface area contributed by atoms with Gasteiger partial charge in [-0.25, -0.2) is 22.6 Å². The molecule has 17 heteroatoms. The van der Waals surface area contributed by atoms with E-state index in [-0.39, 0.29) is 11.7 Å². The van der Waals surface area contributed by atoms with E-state index in [0.717, 1.165) is 6.42 Å². The lowest BCUT2D eigenvalue weighted by Gasteiger charge is -2.33. The number of nitrogens with zero attached hydrogens (tertiary/aromatic N) is 6. The summed E-state index contributed by atoms with van der Waals surface area (Å²) >= 11 is 6.23. The van der Waals surface area contributed by atoms with Crippen molar-refractivity contribution in [1.82, 2.24) is 40.0 Å². The van der Waals surface area contributed by atoms with Crippen LogP contribution in [0.2, 0.25) is 5.02 Å². The fraction of sp³-hybridized carbons (Fsp3) is 0.323. The average Bonchev–Trinajstić information content (AvgIpc) is 3.63. The highest BCUT2D eigenvalue weighted by Gasteiger charge is 2.30. The van der Waals surface area contributed by atoms with Crippen LogP contribution in [-0.2, 0) is 19.6 Å². The predicted molar refractivity (Wildman–Crippen MR) is 179 cm³/mol. The van der Waals surface area contributed by atoms with Gasteiger partial charge in [-0.05, 0) is 90.6 Å². The summed E-state index contributed by atoms with van der Waals surface area (Å²) < 4.78 is 32.9. The number of nitrogens with one attached hydrogen (secondary N) is 3. The number of methoxy groups -OCH3 is 1. The van der Waals surface area contributed by atoms with Crippen molar-refractivity contribution in [2.75, 3.05) is 31.3 Å². The van der Waals surface area contributed by atoms with E-state index in [4.69, 9.17) is 11.6 Å². The van der Waals surface area contributed by atoms with Crippen molar-refractivity contribution >= 4 is 45.4 Å². The molecule has 3 N–H and O–H groups in total. The minimum atomic E-state index is -3.39. The van der Waals surface area contributed by atoms with Gasteiger partial charge in [-0.15, -0.1) is 5.10 Å². The quantitative estimate of drug-likeness (QED) is 0.195. The number of piperidine rings is 1. The average molecular weight is 696 g/mol. The zero-order valence-corrected chi connectivity index (χ0v) is 27.7. The van der Waals surface area contributed by atoms with Crippen molar-refractivity contribution in [3.63, 3.8) is 0 Å². The van der Waals surface area contributed by atoms with Crippen LogP contribution in [0.4, 0.5) is 10.5 Å². The van der Waals surface area contributed by atoms with Crippen LogP contribution >= 0.6 is 11.6 Å². The summed E-state index contributed by atoms with van der Waals surface area (Å²) in [6.07, 6.45) is 5.52. The maximum atomic E-state index is 13.4. The van der Waals surface area contributed by atoms with E-state index in [9.17, 15) is 22.8 Å². The maximum Gasteiger partial charge on any atom is 0.411 e. The third-order valence-electron chi connectivity index (χ3n) is 7.93. The molecule has 5 rings (SSSR count). The van der Waals surface area contributed by atoms with Gasteiger partial charge in [-0.2, -0.15) is 9.78 Å². The number of sulfonamides is 1. The highest BCUT2D eigenvalue weighted by atomic mass is 35.5. The largest absolute Gasteiger partial charge is 0.453 e. The van der Waals surface area contributed by atoms with E-state index < -0.39 is 33.6 Å².